The lowest BCUT2D eigenvalue weighted by molar-refractivity contribution is -0.127. The molecule has 7 rings (SSSR count). The van der Waals surface area contributed by atoms with Crippen LogP contribution in [-0.4, -0.2) is 247 Å². The molecule has 0 saturated carbocycles. The number of aromatic nitrogens is 1. The second-order valence-electron chi connectivity index (χ2n) is 17.4. The van der Waals surface area contributed by atoms with Gasteiger partial charge in [-0.05, 0) is 96.0 Å². The van der Waals surface area contributed by atoms with Crippen LogP contribution in [-0.2, 0) is 40.6 Å². The van der Waals surface area contributed by atoms with Crippen molar-refractivity contribution >= 4 is 75.8 Å². The van der Waals surface area contributed by atoms with Gasteiger partial charge in [-0.2, -0.15) is 11.8 Å². The van der Waals surface area contributed by atoms with E-state index in [1.807, 2.05) is 106 Å². The second kappa shape index (κ2) is 33.2. The van der Waals surface area contributed by atoms with Crippen molar-refractivity contribution in [2.75, 3.05) is 137 Å². The number of hydrogen-bond acceptors (Lipinski definition) is 19. The fourth-order valence-electron chi connectivity index (χ4n) is 7.37. The number of rotatable bonds is 7. The molecule has 6 saturated heterocycles. The van der Waals surface area contributed by atoms with Gasteiger partial charge in [-0.3, -0.25) is 68.3 Å². The summed E-state index contributed by atoms with van der Waals surface area (Å²) in [7, 11) is 13.8. The summed E-state index contributed by atoms with van der Waals surface area (Å²) >= 11 is 5.43. The average molecular weight is 986 g/mol. The molecule has 378 valence electrons. The van der Waals surface area contributed by atoms with Crippen LogP contribution in [0.25, 0.3) is 0 Å². The first kappa shape index (κ1) is 61.7. The average Bonchev–Trinajstić information content (AvgIpc) is 4.08. The Morgan fingerprint density at radius 3 is 1.42 bits per heavy atom. The number of morpholine rings is 1. The standard InChI is InChI=1S/C7H14N2O.C7H13NO2.C7H13NOS.C7H9NO.C6H12N2O.2C6H11NOS/c1-6(10)7-5-8-3-4-9(7)2;2*1-6(9)7-5-10-4-3-8(7)2;1-6(9)7-4-3-5-8(7)2;1-5(9)6-7-3-4-8(6)2;1-5(8)6-3-9-4-7(6)2;1-5(8)6-7(2)3-4-9-6/h7-8H,3-5H2,1-2H3;2*7H,3-5H2,1-2H3;3-5H,1-2H3;6-7H,3-4H2,1-2H3;2*6H,3-4H2,1-2H3. The first-order valence-electron chi connectivity index (χ1n) is 22.7. The highest BCUT2D eigenvalue weighted by atomic mass is 32.2. The summed E-state index contributed by atoms with van der Waals surface area (Å²) < 4.78 is 6.96. The number of Topliss-reactive ketones (excluding diaryl/α,β-unsaturated/α-hetero) is 7. The summed E-state index contributed by atoms with van der Waals surface area (Å²) in [6.07, 6.45) is 1.83. The number of piperazine rings is 1. The van der Waals surface area contributed by atoms with Gasteiger partial charge in [-0.1, -0.05) is 0 Å². The molecule has 17 nitrogen and oxygen atoms in total. The molecule has 1 aromatic rings. The van der Waals surface area contributed by atoms with Crippen LogP contribution in [0.5, 0.6) is 0 Å². The molecule has 6 aliphatic heterocycles. The van der Waals surface area contributed by atoms with Crippen molar-refractivity contribution < 1.29 is 38.3 Å². The fourth-order valence-corrected chi connectivity index (χ4v) is 11.2. The van der Waals surface area contributed by atoms with E-state index in [4.69, 9.17) is 4.74 Å². The van der Waals surface area contributed by atoms with Crippen molar-refractivity contribution in [1.82, 2.24) is 44.6 Å². The van der Waals surface area contributed by atoms with Crippen molar-refractivity contribution in [2.45, 2.75) is 84.2 Å². The van der Waals surface area contributed by atoms with Gasteiger partial charge in [-0.15, -0.1) is 23.5 Å². The molecule has 2 N–H and O–H groups in total. The van der Waals surface area contributed by atoms with Crippen LogP contribution in [0.15, 0.2) is 18.3 Å². The maximum Gasteiger partial charge on any atom is 0.176 e. The highest BCUT2D eigenvalue weighted by Gasteiger charge is 2.27. The molecule has 0 aliphatic carbocycles. The Hall–Kier alpha value is -2.34. The number of carbonyl (C=O) groups is 7. The summed E-state index contributed by atoms with van der Waals surface area (Å²) in [5.74, 6) is 6.87. The Bertz CT molecular complexity index is 1520. The summed E-state index contributed by atoms with van der Waals surface area (Å²) in [6.45, 7) is 20.4. The zero-order valence-electron chi connectivity index (χ0n) is 42.4. The van der Waals surface area contributed by atoms with E-state index in [-0.39, 0.29) is 64.6 Å². The first-order chi connectivity index (χ1) is 31.0. The van der Waals surface area contributed by atoms with E-state index < -0.39 is 0 Å². The van der Waals surface area contributed by atoms with Crippen molar-refractivity contribution in [3.05, 3.63) is 24.0 Å². The first-order valence-corrected chi connectivity index (χ1v) is 26.0. The van der Waals surface area contributed by atoms with Crippen molar-refractivity contribution in [3.63, 3.8) is 0 Å². The lowest BCUT2D eigenvalue weighted by atomic mass is 10.1. The molecule has 0 aromatic carbocycles. The van der Waals surface area contributed by atoms with Gasteiger partial charge in [0.1, 0.15) is 34.7 Å². The maximum atomic E-state index is 11.0. The number of ketones is 7. The minimum Gasteiger partial charge on any atom is -0.378 e. The lowest BCUT2D eigenvalue weighted by Gasteiger charge is -2.30. The molecule has 6 unspecified atom stereocenters. The van der Waals surface area contributed by atoms with E-state index in [2.05, 4.69) is 30.2 Å². The van der Waals surface area contributed by atoms with E-state index in [9.17, 15) is 33.6 Å². The van der Waals surface area contributed by atoms with Crippen molar-refractivity contribution in [3.8, 4) is 0 Å². The van der Waals surface area contributed by atoms with Gasteiger partial charge in [0.05, 0.1) is 43.1 Å². The third-order valence-electron chi connectivity index (χ3n) is 11.7. The van der Waals surface area contributed by atoms with Crippen LogP contribution < -0.4 is 10.6 Å². The van der Waals surface area contributed by atoms with Gasteiger partial charge >= 0.3 is 0 Å². The summed E-state index contributed by atoms with van der Waals surface area (Å²) in [6, 6.07) is 4.13. The van der Waals surface area contributed by atoms with Crippen LogP contribution in [0.2, 0.25) is 0 Å². The van der Waals surface area contributed by atoms with E-state index in [1.165, 1.54) is 5.75 Å². The number of carbonyl (C=O) groups excluding carboxylic acids is 7. The highest BCUT2D eigenvalue weighted by Crippen LogP contribution is 2.22. The Labute approximate surface area is 408 Å². The predicted molar refractivity (Wildman–Crippen MR) is 272 cm³/mol. The molecule has 1 aromatic heterocycles. The summed E-state index contributed by atoms with van der Waals surface area (Å²) in [4.78, 5) is 88.3. The molecule has 6 fully saturated rings. The number of ether oxygens (including phenoxy) is 1. The number of hydrogen-bond donors (Lipinski definition) is 2. The SMILES string of the molecule is CC(=O)C1CNCCN1C.CC(=O)C1COCCN1C.CC(=O)C1CSCCN1C.CC(=O)C1CSCN1C.CC(=O)C1NCCN1C.CC(=O)C1SCCN1C.CC(=O)c1cccn1C. The maximum absolute atomic E-state index is 11.0. The van der Waals surface area contributed by atoms with E-state index in [1.54, 1.807) is 60.2 Å². The molecule has 0 spiro atoms. The second-order valence-corrected chi connectivity index (χ2v) is 20.7. The molecule has 66 heavy (non-hydrogen) atoms. The number of thioether (sulfide) groups is 3. The molecule has 0 amide bonds. The minimum atomic E-state index is -0.0231. The quantitative estimate of drug-likeness (QED) is 0.378. The normalized spacial score (nSPS) is 26.0. The van der Waals surface area contributed by atoms with Crippen LogP contribution in [0, 0.1) is 0 Å². The van der Waals surface area contributed by atoms with Crippen LogP contribution in [0.3, 0.4) is 0 Å². The predicted octanol–water partition coefficient (Wildman–Crippen LogP) is 1.83. The molecule has 7 heterocycles. The molecule has 0 bridgehead atoms. The fraction of sp³-hybridized carbons (Fsp3) is 0.761. The van der Waals surface area contributed by atoms with Gasteiger partial charge in [0.25, 0.3) is 0 Å². The van der Waals surface area contributed by atoms with Gasteiger partial charge in [0.2, 0.25) is 0 Å². The summed E-state index contributed by atoms with van der Waals surface area (Å²) in [5.41, 5.74) is 0.759. The molecular formula is C46H83N9O8S3. The van der Waals surface area contributed by atoms with Crippen LogP contribution in [0.1, 0.15) is 59.0 Å². The van der Waals surface area contributed by atoms with Crippen LogP contribution in [0.4, 0.5) is 0 Å². The van der Waals surface area contributed by atoms with Gasteiger partial charge in [0.15, 0.2) is 17.3 Å². The molecule has 6 atom stereocenters. The zero-order valence-corrected chi connectivity index (χ0v) is 44.9. The lowest BCUT2D eigenvalue weighted by Crippen LogP contribution is -2.52. The molecule has 6 aliphatic rings. The van der Waals surface area contributed by atoms with Crippen LogP contribution >= 0.6 is 35.3 Å². The van der Waals surface area contributed by atoms with Gasteiger partial charge in [0, 0.05) is 101 Å². The molecule has 20 heteroatoms. The zero-order chi connectivity index (χ0) is 50.1. The third-order valence-corrected chi connectivity index (χ3v) is 15.3. The number of aryl methyl sites for hydroxylation is 1. The third kappa shape index (κ3) is 23.3. The highest BCUT2D eigenvalue weighted by molar-refractivity contribution is 8.00. The molecule has 0 radical (unpaired) electrons. The van der Waals surface area contributed by atoms with E-state index in [0.717, 1.165) is 87.8 Å². The monoisotopic (exact) mass is 986 g/mol. The van der Waals surface area contributed by atoms with E-state index in [0.29, 0.717) is 18.2 Å². The molecular weight excluding hydrogens is 903 g/mol. The van der Waals surface area contributed by atoms with E-state index >= 15 is 0 Å². The van der Waals surface area contributed by atoms with Gasteiger partial charge < -0.3 is 14.6 Å². The topological polar surface area (TPSA) is 177 Å². The minimum absolute atomic E-state index is 0.00579. The Morgan fingerprint density at radius 1 is 0.576 bits per heavy atom. The number of nitrogens with zero attached hydrogens (tertiary/aromatic N) is 7. The smallest absolute Gasteiger partial charge is 0.176 e. The Kier molecular flexibility index (Phi) is 31.1. The Morgan fingerprint density at radius 2 is 1.12 bits per heavy atom. The van der Waals surface area contributed by atoms with Crippen molar-refractivity contribution in [1.29, 1.82) is 0 Å². The van der Waals surface area contributed by atoms with Crippen molar-refractivity contribution in [2.24, 2.45) is 7.05 Å². The van der Waals surface area contributed by atoms with Gasteiger partial charge in [-0.25, -0.2) is 0 Å². The largest absolute Gasteiger partial charge is 0.378 e. The number of likely N-dealkylation sites (N-methyl/N-ethyl adjacent to an activating group) is 6. The summed E-state index contributed by atoms with van der Waals surface area (Å²) in [5, 5.41) is 6.41. The Balaban J connectivity index is 0.000000385. The number of nitrogens with one attached hydrogen (secondary N) is 2.